The lowest BCUT2D eigenvalue weighted by Crippen LogP contribution is -2.33. The highest BCUT2D eigenvalue weighted by molar-refractivity contribution is 5.27. The first kappa shape index (κ1) is 11.9. The van der Waals surface area contributed by atoms with E-state index in [1.54, 1.807) is 0 Å². The van der Waals surface area contributed by atoms with Crippen molar-refractivity contribution in [3.63, 3.8) is 0 Å². The monoisotopic (exact) mass is 225 g/mol. The molecule has 0 saturated carbocycles. The minimum Gasteiger partial charge on any atom is -0.232 e. The Morgan fingerprint density at radius 2 is 1.67 bits per heavy atom. The second-order valence-corrected chi connectivity index (χ2v) is 2.92. The van der Waals surface area contributed by atoms with Crippen molar-refractivity contribution >= 4 is 0 Å². The maximum Gasteiger partial charge on any atom is 0.458 e. The molecule has 15 heavy (non-hydrogen) atoms. The molecule has 0 heterocycles. The van der Waals surface area contributed by atoms with Crippen LogP contribution in [-0.2, 0) is 17.6 Å². The second kappa shape index (κ2) is 3.77. The molecule has 0 fully saturated rings. The molecular weight excluding hydrogens is 219 g/mol. The van der Waals surface area contributed by atoms with Crippen LogP contribution >= 0.6 is 0 Å². The molecule has 0 aliphatic carbocycles. The van der Waals surface area contributed by atoms with Crippen LogP contribution in [0.1, 0.15) is 11.1 Å². The Balaban J connectivity index is 3.15. The third kappa shape index (κ3) is 2.26. The molecule has 1 aromatic rings. The van der Waals surface area contributed by atoms with Crippen molar-refractivity contribution in [3.05, 3.63) is 35.4 Å². The van der Waals surface area contributed by atoms with Crippen LogP contribution in [0.2, 0.25) is 0 Å². The van der Waals surface area contributed by atoms with Crippen LogP contribution in [0.15, 0.2) is 24.3 Å². The average Bonchev–Trinajstić information content (AvgIpc) is 2.16. The topological polar surface area (TPSA) is 19.9 Å². The van der Waals surface area contributed by atoms with Crippen LogP contribution in [0.3, 0.4) is 0 Å². The Morgan fingerprint density at radius 1 is 1.07 bits per heavy atom. The van der Waals surface area contributed by atoms with Gasteiger partial charge in [-0.25, -0.2) is 5.11 Å². The Labute approximate surface area is 82.1 Å². The maximum atomic E-state index is 12.8. The summed E-state index contributed by atoms with van der Waals surface area (Å²) in [6.45, 7) is -0.832. The Kier molecular flexibility index (Phi) is 2.99. The lowest BCUT2D eigenvalue weighted by atomic mass is 10.1. The number of alkyl halides is 5. The molecule has 0 spiro atoms. The van der Waals surface area contributed by atoms with Gasteiger partial charge in [0, 0.05) is 5.56 Å². The molecule has 0 unspecified atom stereocenters. The van der Waals surface area contributed by atoms with E-state index in [9.17, 15) is 27.1 Å². The van der Waals surface area contributed by atoms with Gasteiger partial charge in [-0.05, 0) is 11.6 Å². The van der Waals surface area contributed by atoms with Gasteiger partial charge in [-0.15, -0.1) is 0 Å². The first-order chi connectivity index (χ1) is 6.79. The van der Waals surface area contributed by atoms with Gasteiger partial charge in [0.1, 0.15) is 6.61 Å². The number of halogens is 5. The predicted octanol–water partition coefficient (Wildman–Crippen LogP) is 3.27. The van der Waals surface area contributed by atoms with Gasteiger partial charge in [0.2, 0.25) is 0 Å². The zero-order chi connectivity index (χ0) is 11.7. The molecule has 0 bridgehead atoms. The van der Waals surface area contributed by atoms with E-state index in [0.29, 0.717) is 12.1 Å². The van der Waals surface area contributed by atoms with Crippen molar-refractivity contribution in [1.29, 1.82) is 0 Å². The van der Waals surface area contributed by atoms with Crippen molar-refractivity contribution < 1.29 is 27.1 Å². The summed E-state index contributed by atoms with van der Waals surface area (Å²) in [5.74, 6) is -4.92. The molecule has 0 atom stereocenters. The fourth-order valence-corrected chi connectivity index (χ4v) is 1.02. The SMILES string of the molecule is [O]Cc1cccc(C(F)(F)C(F)(F)F)c1. The summed E-state index contributed by atoms with van der Waals surface area (Å²) in [6, 6.07) is 3.41. The molecule has 0 aromatic heterocycles. The van der Waals surface area contributed by atoms with Crippen molar-refractivity contribution in [2.24, 2.45) is 0 Å². The van der Waals surface area contributed by atoms with Crippen LogP contribution in [-0.4, -0.2) is 6.18 Å². The molecule has 0 amide bonds. The summed E-state index contributed by atoms with van der Waals surface area (Å²) < 4.78 is 61.3. The summed E-state index contributed by atoms with van der Waals surface area (Å²) in [5, 5.41) is 10.3. The summed E-state index contributed by atoms with van der Waals surface area (Å²) in [6.07, 6.45) is -5.64. The normalized spacial score (nSPS) is 12.9. The van der Waals surface area contributed by atoms with E-state index in [2.05, 4.69) is 0 Å². The quantitative estimate of drug-likeness (QED) is 0.688. The largest absolute Gasteiger partial charge is 0.458 e. The van der Waals surface area contributed by atoms with Crippen LogP contribution in [0.25, 0.3) is 0 Å². The molecular formula is C9H6F5O. The summed E-state index contributed by atoms with van der Waals surface area (Å²) in [4.78, 5) is 0. The van der Waals surface area contributed by atoms with Crippen molar-refractivity contribution in [2.75, 3.05) is 0 Å². The third-order valence-electron chi connectivity index (χ3n) is 1.81. The lowest BCUT2D eigenvalue weighted by Gasteiger charge is -2.20. The number of rotatable bonds is 2. The molecule has 0 aliphatic heterocycles. The zero-order valence-corrected chi connectivity index (χ0v) is 7.31. The van der Waals surface area contributed by atoms with Crippen LogP contribution in [0.5, 0.6) is 0 Å². The lowest BCUT2D eigenvalue weighted by molar-refractivity contribution is -0.289. The maximum absolute atomic E-state index is 12.8. The number of hydrogen-bond donors (Lipinski definition) is 0. The molecule has 0 saturated heterocycles. The summed E-state index contributed by atoms with van der Waals surface area (Å²) >= 11 is 0. The van der Waals surface area contributed by atoms with Crippen molar-refractivity contribution in [2.45, 2.75) is 18.7 Å². The third-order valence-corrected chi connectivity index (χ3v) is 1.81. The predicted molar refractivity (Wildman–Crippen MR) is 40.8 cm³/mol. The highest BCUT2D eigenvalue weighted by Crippen LogP contribution is 2.43. The summed E-state index contributed by atoms with van der Waals surface area (Å²) in [5.41, 5.74) is -1.31. The van der Waals surface area contributed by atoms with Gasteiger partial charge >= 0.3 is 12.1 Å². The standard InChI is InChI=1S/C9H6F5O/c10-8(11,9(12,13)14)7-3-1-2-6(4-7)5-15/h1-4H,5H2. The molecule has 1 radical (unpaired) electrons. The van der Waals surface area contributed by atoms with Crippen molar-refractivity contribution in [3.8, 4) is 0 Å². The number of hydrogen-bond acceptors (Lipinski definition) is 0. The van der Waals surface area contributed by atoms with Gasteiger partial charge in [-0.1, -0.05) is 18.2 Å². The van der Waals surface area contributed by atoms with Gasteiger partial charge in [0.25, 0.3) is 0 Å². The highest BCUT2D eigenvalue weighted by atomic mass is 19.4. The zero-order valence-electron chi connectivity index (χ0n) is 7.31. The summed E-state index contributed by atoms with van der Waals surface area (Å²) in [7, 11) is 0. The van der Waals surface area contributed by atoms with E-state index in [-0.39, 0.29) is 5.56 Å². The van der Waals surface area contributed by atoms with Gasteiger partial charge < -0.3 is 0 Å². The van der Waals surface area contributed by atoms with Gasteiger partial charge in [-0.3, -0.25) is 0 Å². The van der Waals surface area contributed by atoms with Crippen LogP contribution < -0.4 is 0 Å². The van der Waals surface area contributed by atoms with Crippen molar-refractivity contribution in [1.82, 2.24) is 0 Å². The highest BCUT2D eigenvalue weighted by Gasteiger charge is 2.58. The molecule has 0 aliphatic rings. The van der Waals surface area contributed by atoms with E-state index in [4.69, 9.17) is 0 Å². The molecule has 1 aromatic carbocycles. The minimum absolute atomic E-state index is 0.101. The Bertz CT molecular complexity index is 345. The Hall–Kier alpha value is -1.17. The average molecular weight is 225 g/mol. The van der Waals surface area contributed by atoms with Gasteiger partial charge in [0.05, 0.1) is 0 Å². The first-order valence-corrected chi connectivity index (χ1v) is 3.91. The fourth-order valence-electron chi connectivity index (χ4n) is 1.02. The van der Waals surface area contributed by atoms with E-state index < -0.39 is 24.3 Å². The molecule has 1 nitrogen and oxygen atoms in total. The van der Waals surface area contributed by atoms with Gasteiger partial charge in [0.15, 0.2) is 0 Å². The number of benzene rings is 1. The Morgan fingerprint density at radius 3 is 2.13 bits per heavy atom. The van der Waals surface area contributed by atoms with Gasteiger partial charge in [-0.2, -0.15) is 22.0 Å². The fraction of sp³-hybridized carbons (Fsp3) is 0.333. The van der Waals surface area contributed by atoms with E-state index in [0.717, 1.165) is 6.07 Å². The second-order valence-electron chi connectivity index (χ2n) is 2.92. The first-order valence-electron chi connectivity index (χ1n) is 3.91. The molecule has 83 valence electrons. The minimum atomic E-state index is -5.64. The van der Waals surface area contributed by atoms with E-state index in [1.807, 2.05) is 0 Å². The molecule has 0 N–H and O–H groups in total. The van der Waals surface area contributed by atoms with E-state index in [1.165, 1.54) is 6.07 Å². The van der Waals surface area contributed by atoms with Crippen LogP contribution in [0.4, 0.5) is 22.0 Å². The smallest absolute Gasteiger partial charge is 0.232 e. The molecule has 1 rings (SSSR count). The van der Waals surface area contributed by atoms with E-state index >= 15 is 0 Å². The van der Waals surface area contributed by atoms with Crippen LogP contribution in [0, 0.1) is 0 Å². The molecule has 6 heteroatoms.